The van der Waals surface area contributed by atoms with Crippen LogP contribution in [0.2, 0.25) is 5.02 Å². The Morgan fingerprint density at radius 3 is 2.16 bits per heavy atom. The van der Waals surface area contributed by atoms with E-state index >= 15 is 0 Å². The number of carbonyl (C=O) groups is 2. The molecule has 4 rings (SSSR count). The largest absolute Gasteiger partial charge is 0.484 e. The highest BCUT2D eigenvalue weighted by atomic mass is 35.5. The Hall–Kier alpha value is -4.41. The number of halogens is 2. The molecule has 4 aromatic rings. The van der Waals surface area contributed by atoms with Crippen LogP contribution >= 0.6 is 11.6 Å². The molecule has 0 fully saturated rings. The third kappa shape index (κ3) is 9.04. The van der Waals surface area contributed by atoms with E-state index in [1.54, 1.807) is 24.3 Å². The van der Waals surface area contributed by atoms with Crippen LogP contribution in [-0.2, 0) is 32.6 Å². The highest BCUT2D eigenvalue weighted by Gasteiger charge is 2.30. The molecule has 0 saturated heterocycles. The summed E-state index contributed by atoms with van der Waals surface area (Å²) in [6.45, 7) is 1.96. The van der Waals surface area contributed by atoms with Gasteiger partial charge in [-0.2, -0.15) is 0 Å². The summed E-state index contributed by atoms with van der Waals surface area (Å²) in [5, 5.41) is 3.38. The minimum absolute atomic E-state index is 0.0426. The zero-order valence-corrected chi connectivity index (χ0v) is 24.9. The number of nitrogens with one attached hydrogen (secondary N) is 2. The Morgan fingerprint density at radius 2 is 1.53 bits per heavy atom. The summed E-state index contributed by atoms with van der Waals surface area (Å²) in [5.74, 6) is -0.949. The van der Waals surface area contributed by atoms with Crippen molar-refractivity contribution in [2.24, 2.45) is 0 Å². The number of anilines is 1. The van der Waals surface area contributed by atoms with Crippen molar-refractivity contribution in [3.8, 4) is 5.75 Å². The predicted octanol–water partition coefficient (Wildman–Crippen LogP) is 5.43. The molecule has 0 aliphatic heterocycles. The van der Waals surface area contributed by atoms with Crippen molar-refractivity contribution in [1.29, 1.82) is 0 Å². The Morgan fingerprint density at radius 1 is 0.884 bits per heavy atom. The predicted molar refractivity (Wildman–Crippen MR) is 164 cm³/mol. The molecule has 0 bridgehead atoms. The molecule has 0 aromatic heterocycles. The lowest BCUT2D eigenvalue weighted by Crippen LogP contribution is -2.51. The van der Waals surface area contributed by atoms with Crippen LogP contribution in [0.5, 0.6) is 5.75 Å². The third-order valence-corrected chi connectivity index (χ3v) is 8.13. The van der Waals surface area contributed by atoms with E-state index in [-0.39, 0.29) is 28.8 Å². The maximum Gasteiger partial charge on any atom is 0.261 e. The zero-order chi connectivity index (χ0) is 30.8. The third-order valence-electron chi connectivity index (χ3n) is 6.48. The van der Waals surface area contributed by atoms with Crippen LogP contribution < -0.4 is 14.8 Å². The molecule has 11 heteroatoms. The van der Waals surface area contributed by atoms with E-state index in [0.29, 0.717) is 18.0 Å². The smallest absolute Gasteiger partial charge is 0.261 e. The second kappa shape index (κ2) is 14.7. The van der Waals surface area contributed by atoms with Gasteiger partial charge in [0.1, 0.15) is 17.6 Å². The maximum atomic E-state index is 13.6. The van der Waals surface area contributed by atoms with Gasteiger partial charge in [-0.05, 0) is 78.7 Å². The van der Waals surface area contributed by atoms with E-state index in [4.69, 9.17) is 16.3 Å². The van der Waals surface area contributed by atoms with Crippen LogP contribution in [0.1, 0.15) is 18.1 Å². The van der Waals surface area contributed by atoms with Crippen molar-refractivity contribution in [3.05, 3.63) is 125 Å². The number of nitrogens with zero attached hydrogens (tertiary/aromatic N) is 1. The van der Waals surface area contributed by atoms with Gasteiger partial charge in [0.2, 0.25) is 5.91 Å². The van der Waals surface area contributed by atoms with Gasteiger partial charge in [0.15, 0.2) is 6.61 Å². The number of rotatable bonds is 13. The van der Waals surface area contributed by atoms with Crippen LogP contribution in [0.25, 0.3) is 0 Å². The first-order valence-corrected chi connectivity index (χ1v) is 15.4. The van der Waals surface area contributed by atoms with Crippen molar-refractivity contribution in [2.75, 3.05) is 17.9 Å². The monoisotopic (exact) mass is 623 g/mol. The molecule has 0 saturated carbocycles. The molecule has 8 nitrogen and oxygen atoms in total. The molecule has 0 aliphatic carbocycles. The van der Waals surface area contributed by atoms with Gasteiger partial charge >= 0.3 is 0 Å². The second-order valence-corrected chi connectivity index (χ2v) is 11.7. The van der Waals surface area contributed by atoms with E-state index < -0.39 is 34.4 Å². The van der Waals surface area contributed by atoms with Crippen molar-refractivity contribution in [1.82, 2.24) is 10.2 Å². The molecule has 4 aromatic carbocycles. The number of likely N-dealkylation sites (N-methyl/N-ethyl adjacent to an activating group) is 1. The second-order valence-electron chi connectivity index (χ2n) is 9.62. The number of sulfonamides is 1. The van der Waals surface area contributed by atoms with Crippen molar-refractivity contribution in [2.45, 2.75) is 30.8 Å². The quantitative estimate of drug-likeness (QED) is 0.207. The maximum absolute atomic E-state index is 13.6. The molecule has 224 valence electrons. The molecular formula is C32H31ClFN3O5S. The fourth-order valence-corrected chi connectivity index (χ4v) is 5.49. The first kappa shape index (κ1) is 31.5. The molecule has 1 atom stereocenters. The Kier molecular flexibility index (Phi) is 10.7. The number of benzene rings is 4. The Balaban J connectivity index is 1.51. The minimum atomic E-state index is -3.94. The lowest BCUT2D eigenvalue weighted by Gasteiger charge is -2.31. The number of ether oxygens (including phenoxy) is 1. The molecule has 2 N–H and O–H groups in total. The number of carbonyl (C=O) groups excluding carboxylic acids is 2. The molecule has 0 heterocycles. The molecule has 0 unspecified atom stereocenters. The van der Waals surface area contributed by atoms with E-state index in [1.807, 2.05) is 37.3 Å². The molecule has 43 heavy (non-hydrogen) atoms. The van der Waals surface area contributed by atoms with Gasteiger partial charge in [-0.25, -0.2) is 12.8 Å². The minimum Gasteiger partial charge on any atom is -0.484 e. The average molecular weight is 624 g/mol. The van der Waals surface area contributed by atoms with Gasteiger partial charge in [-0.1, -0.05) is 54.1 Å². The average Bonchev–Trinajstić information content (AvgIpc) is 3.00. The van der Waals surface area contributed by atoms with Gasteiger partial charge in [-0.3, -0.25) is 14.3 Å². The normalized spacial score (nSPS) is 11.8. The SMILES string of the molecule is CCNC(=O)[C@H](Cc1ccccc1)N(Cc1ccc(Cl)cc1)C(=O)COc1ccc(S(=O)(=O)Nc2ccc(F)cc2)cc1. The summed E-state index contributed by atoms with van der Waals surface area (Å²) in [6, 6.07) is 26.1. The number of hydrogen-bond acceptors (Lipinski definition) is 5. The van der Waals surface area contributed by atoms with E-state index in [9.17, 15) is 22.4 Å². The van der Waals surface area contributed by atoms with Gasteiger partial charge < -0.3 is 15.0 Å². The van der Waals surface area contributed by atoms with Crippen LogP contribution in [0, 0.1) is 5.82 Å². The summed E-state index contributed by atoms with van der Waals surface area (Å²) in [5.41, 5.74) is 1.88. The lowest BCUT2D eigenvalue weighted by molar-refractivity contribution is -0.142. The standard InChI is InChI=1S/C32H31ClFN3O5S/c1-2-35-32(39)30(20-23-6-4-3-5-7-23)37(21-24-8-10-25(33)11-9-24)31(38)22-42-28-16-18-29(19-17-28)43(40,41)36-27-14-12-26(34)13-15-27/h3-19,30,36H,2,20-22H2,1H3,(H,35,39)/t30-/m0/s1. The Bertz CT molecular complexity index is 1620. The molecule has 0 radical (unpaired) electrons. The lowest BCUT2D eigenvalue weighted by atomic mass is 10.0. The molecular weight excluding hydrogens is 593 g/mol. The fraction of sp³-hybridized carbons (Fsp3) is 0.188. The van der Waals surface area contributed by atoms with E-state index in [2.05, 4.69) is 10.0 Å². The Labute approximate surface area is 255 Å². The summed E-state index contributed by atoms with van der Waals surface area (Å²) < 4.78 is 46.8. The number of amides is 2. The van der Waals surface area contributed by atoms with E-state index in [0.717, 1.165) is 23.3 Å². The number of hydrogen-bond donors (Lipinski definition) is 2. The molecule has 0 aliphatic rings. The topological polar surface area (TPSA) is 105 Å². The molecule has 0 spiro atoms. The summed E-state index contributed by atoms with van der Waals surface area (Å²) in [7, 11) is -3.94. The zero-order valence-electron chi connectivity index (χ0n) is 23.4. The van der Waals surface area contributed by atoms with Crippen molar-refractivity contribution < 1.29 is 27.1 Å². The van der Waals surface area contributed by atoms with Crippen LogP contribution in [-0.4, -0.2) is 44.3 Å². The molecule has 2 amide bonds. The highest BCUT2D eigenvalue weighted by Crippen LogP contribution is 2.21. The first-order chi connectivity index (χ1) is 20.6. The summed E-state index contributed by atoms with van der Waals surface area (Å²) in [6.07, 6.45) is 0.291. The first-order valence-electron chi connectivity index (χ1n) is 13.5. The van der Waals surface area contributed by atoms with Crippen LogP contribution in [0.4, 0.5) is 10.1 Å². The summed E-state index contributed by atoms with van der Waals surface area (Å²) in [4.78, 5) is 28.3. The highest BCUT2D eigenvalue weighted by molar-refractivity contribution is 7.92. The van der Waals surface area contributed by atoms with Gasteiger partial charge in [0.25, 0.3) is 15.9 Å². The van der Waals surface area contributed by atoms with Gasteiger partial charge in [0.05, 0.1) is 4.90 Å². The summed E-state index contributed by atoms with van der Waals surface area (Å²) >= 11 is 6.06. The van der Waals surface area contributed by atoms with Crippen LogP contribution in [0.15, 0.2) is 108 Å². The fourth-order valence-electron chi connectivity index (χ4n) is 4.31. The van der Waals surface area contributed by atoms with Gasteiger partial charge in [-0.15, -0.1) is 0 Å². The van der Waals surface area contributed by atoms with E-state index in [1.165, 1.54) is 41.3 Å². The van der Waals surface area contributed by atoms with Crippen LogP contribution in [0.3, 0.4) is 0 Å². The van der Waals surface area contributed by atoms with Gasteiger partial charge in [0, 0.05) is 30.2 Å². The van der Waals surface area contributed by atoms with Crippen molar-refractivity contribution >= 4 is 39.1 Å². The van der Waals surface area contributed by atoms with Crippen molar-refractivity contribution in [3.63, 3.8) is 0 Å².